The monoisotopic (exact) mass is 556 g/mol. The highest BCUT2D eigenvalue weighted by Crippen LogP contribution is 2.34. The Morgan fingerprint density at radius 2 is 1.87 bits per heavy atom. The summed E-state index contributed by atoms with van der Waals surface area (Å²) in [7, 11) is -1.09. The van der Waals surface area contributed by atoms with Gasteiger partial charge in [0.25, 0.3) is 0 Å². The van der Waals surface area contributed by atoms with E-state index in [1.165, 1.54) is 26.3 Å². The van der Waals surface area contributed by atoms with E-state index < -0.39 is 27.6 Å². The van der Waals surface area contributed by atoms with Gasteiger partial charge < -0.3 is 26.4 Å². The summed E-state index contributed by atoms with van der Waals surface area (Å²) in [4.78, 5) is 17.0. The van der Waals surface area contributed by atoms with Crippen molar-refractivity contribution >= 4 is 56.1 Å². The molecule has 38 heavy (non-hydrogen) atoms. The Bertz CT molecular complexity index is 1500. The molecule has 1 amide bonds. The van der Waals surface area contributed by atoms with E-state index >= 15 is 0 Å². The number of carbonyl (C=O) groups excluding carboxylic acids is 1. The molecule has 12 heteroatoms. The van der Waals surface area contributed by atoms with Crippen molar-refractivity contribution < 1.29 is 17.9 Å². The zero-order valence-corrected chi connectivity index (χ0v) is 22.9. The maximum atomic E-state index is 13.8. The van der Waals surface area contributed by atoms with E-state index in [4.69, 9.17) is 27.1 Å². The molecule has 0 radical (unpaired) electrons. The van der Waals surface area contributed by atoms with Gasteiger partial charge in [-0.2, -0.15) is 4.31 Å². The zero-order chi connectivity index (χ0) is 27.7. The van der Waals surface area contributed by atoms with Crippen LogP contribution in [0.25, 0.3) is 0 Å². The second-order valence-electron chi connectivity index (χ2n) is 9.26. The minimum absolute atomic E-state index is 0.0213. The van der Waals surface area contributed by atoms with Crippen molar-refractivity contribution in [2.45, 2.75) is 30.4 Å². The summed E-state index contributed by atoms with van der Waals surface area (Å²) in [5.41, 5.74) is 6.82. The summed E-state index contributed by atoms with van der Waals surface area (Å²) in [6.07, 6.45) is -0.918. The van der Waals surface area contributed by atoms with Crippen molar-refractivity contribution in [1.29, 1.82) is 0 Å². The number of halogens is 1. The largest absolute Gasteiger partial charge is 0.497 e. The molecule has 1 aliphatic rings. The minimum atomic E-state index is -4.07. The van der Waals surface area contributed by atoms with E-state index in [-0.39, 0.29) is 4.90 Å². The molecule has 0 aromatic heterocycles. The van der Waals surface area contributed by atoms with Crippen LogP contribution >= 0.6 is 11.6 Å². The summed E-state index contributed by atoms with van der Waals surface area (Å²) in [6, 6.07) is 18.4. The first-order valence-corrected chi connectivity index (χ1v) is 13.4. The van der Waals surface area contributed by atoms with E-state index in [0.29, 0.717) is 39.4 Å². The number of likely N-dealkylation sites (N-methyl/N-ethyl adjacent to an activating group) is 1. The third-order valence-electron chi connectivity index (χ3n) is 5.85. The molecule has 200 valence electrons. The lowest BCUT2D eigenvalue weighted by Gasteiger charge is -2.33. The molecule has 5 N–H and O–H groups in total. The van der Waals surface area contributed by atoms with Crippen molar-refractivity contribution in [3.8, 4) is 5.75 Å². The number of ether oxygens (including phenoxy) is 1. The van der Waals surface area contributed by atoms with Crippen LogP contribution in [0, 0.1) is 0 Å². The van der Waals surface area contributed by atoms with Crippen molar-refractivity contribution in [2.24, 2.45) is 10.7 Å². The predicted octanol–water partition coefficient (Wildman–Crippen LogP) is 4.24. The summed E-state index contributed by atoms with van der Waals surface area (Å²) in [5.74, 6) is 0.428. The summed E-state index contributed by atoms with van der Waals surface area (Å²) in [5, 5.41) is 9.49. The van der Waals surface area contributed by atoms with Crippen LogP contribution in [0.2, 0.25) is 5.02 Å². The average molecular weight is 557 g/mol. The molecule has 3 aromatic rings. The molecule has 0 aliphatic carbocycles. The lowest BCUT2D eigenvalue weighted by molar-refractivity contribution is -0.120. The lowest BCUT2D eigenvalue weighted by atomic mass is 10.1. The molecule has 1 heterocycles. The minimum Gasteiger partial charge on any atom is -0.497 e. The number of rotatable bonds is 7. The van der Waals surface area contributed by atoms with Gasteiger partial charge in [0.2, 0.25) is 15.9 Å². The van der Waals surface area contributed by atoms with Crippen molar-refractivity contribution in [3.05, 3.63) is 71.8 Å². The number of amidine groups is 1. The van der Waals surface area contributed by atoms with Gasteiger partial charge in [0.15, 0.2) is 6.17 Å². The Kier molecular flexibility index (Phi) is 7.65. The number of fused-ring (bicyclic) bond motifs is 1. The van der Waals surface area contributed by atoms with Crippen LogP contribution in [0.4, 0.5) is 22.7 Å². The first-order chi connectivity index (χ1) is 17.9. The number of nitrogens with one attached hydrogen (secondary N) is 3. The highest BCUT2D eigenvalue weighted by atomic mass is 35.5. The van der Waals surface area contributed by atoms with Gasteiger partial charge in [0.05, 0.1) is 39.6 Å². The maximum absolute atomic E-state index is 13.8. The number of aliphatic imine (C=N–C) groups is 1. The Hall–Kier alpha value is -3.64. The van der Waals surface area contributed by atoms with Crippen LogP contribution in [-0.4, -0.2) is 50.3 Å². The number of sulfonamides is 1. The average Bonchev–Trinajstić information content (AvgIpc) is 2.88. The van der Waals surface area contributed by atoms with Crippen molar-refractivity contribution in [2.75, 3.05) is 30.1 Å². The lowest BCUT2D eigenvalue weighted by Crippen LogP contribution is -2.50. The smallest absolute Gasteiger partial charge is 0.245 e. The molecule has 0 saturated carbocycles. The van der Waals surface area contributed by atoms with Crippen LogP contribution in [0.3, 0.4) is 0 Å². The number of para-hydroxylation sites is 2. The number of methoxy groups -OCH3 is 1. The van der Waals surface area contributed by atoms with Gasteiger partial charge >= 0.3 is 0 Å². The number of carbonyl (C=O) groups is 1. The molecule has 1 unspecified atom stereocenters. The number of anilines is 3. The van der Waals surface area contributed by atoms with Gasteiger partial charge in [-0.05, 0) is 56.3 Å². The van der Waals surface area contributed by atoms with Crippen LogP contribution in [0.5, 0.6) is 5.75 Å². The molecule has 1 atom stereocenters. The molecule has 3 aromatic carbocycles. The SMILES string of the molecule is COc1ccc(Cl)c(NC2=Nc3ccccc3NC2N(C)S(=O)(=O)c2cccc(NC(=O)C(C)(C)N)c2)c1. The molecule has 0 bridgehead atoms. The number of nitrogens with two attached hydrogens (primary N) is 1. The number of hydrogen-bond acceptors (Lipinski definition) is 8. The third kappa shape index (κ3) is 5.76. The van der Waals surface area contributed by atoms with E-state index in [1.807, 2.05) is 24.3 Å². The fourth-order valence-corrected chi connectivity index (χ4v) is 5.11. The number of nitrogens with zero attached hydrogens (tertiary/aromatic N) is 2. The zero-order valence-electron chi connectivity index (χ0n) is 21.3. The van der Waals surface area contributed by atoms with Crippen LogP contribution in [0.15, 0.2) is 76.6 Å². The van der Waals surface area contributed by atoms with Crippen molar-refractivity contribution in [1.82, 2.24) is 4.31 Å². The van der Waals surface area contributed by atoms with Gasteiger partial charge in [-0.25, -0.2) is 13.4 Å². The normalized spacial score (nSPS) is 15.2. The second kappa shape index (κ2) is 10.6. The summed E-state index contributed by atoms with van der Waals surface area (Å²) >= 11 is 6.41. The third-order valence-corrected chi connectivity index (χ3v) is 8.00. The Morgan fingerprint density at radius 3 is 2.58 bits per heavy atom. The van der Waals surface area contributed by atoms with Crippen molar-refractivity contribution in [3.63, 3.8) is 0 Å². The van der Waals surface area contributed by atoms with Gasteiger partial charge in [-0.3, -0.25) is 4.79 Å². The summed E-state index contributed by atoms with van der Waals surface area (Å²) in [6.45, 7) is 3.12. The fraction of sp³-hybridized carbons (Fsp3) is 0.231. The molecule has 4 rings (SSSR count). The topological polar surface area (TPSA) is 138 Å². The van der Waals surface area contributed by atoms with Gasteiger partial charge in [-0.15, -0.1) is 0 Å². The second-order valence-corrected chi connectivity index (χ2v) is 11.7. The quantitative estimate of drug-likeness (QED) is 0.341. The molecular formula is C26H29ClN6O4S. The van der Waals surface area contributed by atoms with E-state index in [0.717, 1.165) is 4.31 Å². The summed E-state index contributed by atoms with van der Waals surface area (Å²) < 4.78 is 34.0. The Morgan fingerprint density at radius 1 is 1.13 bits per heavy atom. The highest BCUT2D eigenvalue weighted by Gasteiger charge is 2.35. The van der Waals surface area contributed by atoms with E-state index in [9.17, 15) is 13.2 Å². The van der Waals surface area contributed by atoms with Gasteiger partial charge in [0.1, 0.15) is 11.6 Å². The molecule has 0 saturated heterocycles. The first kappa shape index (κ1) is 27.4. The molecule has 0 spiro atoms. The first-order valence-electron chi connectivity index (χ1n) is 11.6. The predicted molar refractivity (Wildman–Crippen MR) is 151 cm³/mol. The Balaban J connectivity index is 1.70. The standard InChI is InChI=1S/C26H29ClN6O4S/c1-26(2,28)25(34)29-16-8-7-9-18(14-16)38(35,36)33(3)24-23(30-20-10-5-6-11-21(20)32-24)31-22-15-17(37-4)12-13-19(22)27/h5-15,24,32H,28H2,1-4H3,(H,29,34)(H,30,31). The van der Waals surface area contributed by atoms with Gasteiger partial charge in [-0.1, -0.05) is 29.8 Å². The highest BCUT2D eigenvalue weighted by molar-refractivity contribution is 7.89. The number of hydrogen-bond donors (Lipinski definition) is 4. The maximum Gasteiger partial charge on any atom is 0.245 e. The van der Waals surface area contributed by atoms with Crippen LogP contribution < -0.4 is 26.4 Å². The van der Waals surface area contributed by atoms with Crippen LogP contribution in [0.1, 0.15) is 13.8 Å². The molecular weight excluding hydrogens is 528 g/mol. The van der Waals surface area contributed by atoms with E-state index in [1.54, 1.807) is 44.2 Å². The van der Waals surface area contributed by atoms with Crippen LogP contribution in [-0.2, 0) is 14.8 Å². The molecule has 0 fully saturated rings. The number of benzene rings is 3. The Labute approximate surface area is 226 Å². The van der Waals surface area contributed by atoms with Gasteiger partial charge in [0, 0.05) is 18.8 Å². The number of amides is 1. The van der Waals surface area contributed by atoms with E-state index in [2.05, 4.69) is 16.0 Å². The molecule has 10 nitrogen and oxygen atoms in total. The molecule has 1 aliphatic heterocycles. The fourth-order valence-electron chi connectivity index (χ4n) is 3.66.